The number of nitriles is 1. The number of hydrogen-bond donors (Lipinski definition) is 1. The van der Waals surface area contributed by atoms with Crippen molar-refractivity contribution in [3.63, 3.8) is 0 Å². The van der Waals surface area contributed by atoms with E-state index in [2.05, 4.69) is 0 Å². The first kappa shape index (κ1) is 13.6. The molecule has 0 aliphatic heterocycles. The molecule has 0 aromatic heterocycles. The van der Waals surface area contributed by atoms with Crippen molar-refractivity contribution in [3.8, 4) is 6.07 Å². The van der Waals surface area contributed by atoms with Crippen molar-refractivity contribution in [2.45, 2.75) is 6.61 Å². The number of rotatable bonds is 3. The molecule has 0 unspecified atom stereocenters. The van der Waals surface area contributed by atoms with Crippen LogP contribution in [-0.2, 0) is 11.3 Å². The molecule has 2 rings (SSSR count). The van der Waals surface area contributed by atoms with Gasteiger partial charge in [0.15, 0.2) is 0 Å². The van der Waals surface area contributed by atoms with Gasteiger partial charge >= 0.3 is 5.97 Å². The summed E-state index contributed by atoms with van der Waals surface area (Å²) in [4.78, 5) is 11.8. The van der Waals surface area contributed by atoms with Crippen LogP contribution in [0.4, 0.5) is 10.1 Å². The van der Waals surface area contributed by atoms with E-state index in [9.17, 15) is 9.18 Å². The zero-order valence-corrected chi connectivity index (χ0v) is 10.5. The number of nitrogens with zero attached hydrogens (tertiary/aromatic N) is 1. The minimum absolute atomic E-state index is 0.00473. The third-order valence-corrected chi connectivity index (χ3v) is 2.58. The topological polar surface area (TPSA) is 76.1 Å². The van der Waals surface area contributed by atoms with Crippen molar-refractivity contribution in [1.29, 1.82) is 5.26 Å². The fraction of sp³-hybridized carbons (Fsp3) is 0.0667. The van der Waals surface area contributed by atoms with Gasteiger partial charge in [-0.1, -0.05) is 12.1 Å². The Bertz CT molecular complexity index is 672. The highest BCUT2D eigenvalue weighted by Gasteiger charge is 2.10. The maximum absolute atomic E-state index is 13.1. The Morgan fingerprint density at radius 1 is 1.30 bits per heavy atom. The second-order valence-electron chi connectivity index (χ2n) is 4.16. The largest absolute Gasteiger partial charge is 0.457 e. The normalized spacial score (nSPS) is 9.80. The molecule has 20 heavy (non-hydrogen) atoms. The molecule has 4 nitrogen and oxygen atoms in total. The molecule has 0 spiro atoms. The number of esters is 1. The summed E-state index contributed by atoms with van der Waals surface area (Å²) >= 11 is 0. The van der Waals surface area contributed by atoms with Crippen LogP contribution in [0.25, 0.3) is 0 Å². The summed E-state index contributed by atoms with van der Waals surface area (Å²) in [6.45, 7) is 0.00473. The van der Waals surface area contributed by atoms with Crippen molar-refractivity contribution in [2.75, 3.05) is 5.73 Å². The summed E-state index contributed by atoms with van der Waals surface area (Å²) in [7, 11) is 0. The Morgan fingerprint density at radius 2 is 2.10 bits per heavy atom. The lowest BCUT2D eigenvalue weighted by atomic mass is 10.1. The van der Waals surface area contributed by atoms with Gasteiger partial charge in [-0.25, -0.2) is 9.18 Å². The van der Waals surface area contributed by atoms with E-state index in [4.69, 9.17) is 15.7 Å². The summed E-state index contributed by atoms with van der Waals surface area (Å²) in [6.07, 6.45) is 0. The van der Waals surface area contributed by atoms with Crippen molar-refractivity contribution in [3.05, 3.63) is 65.0 Å². The van der Waals surface area contributed by atoms with Crippen molar-refractivity contribution >= 4 is 11.7 Å². The number of carbonyl (C=O) groups is 1. The van der Waals surface area contributed by atoms with Gasteiger partial charge in [-0.2, -0.15) is 5.26 Å². The standard InChI is InChI=1S/C15H11FN2O2/c16-13-5-12(6-14(18)7-13)15(19)20-9-11-3-1-2-10(4-11)8-17/h1-7H,9,18H2. The first-order valence-electron chi connectivity index (χ1n) is 5.81. The molecule has 0 fully saturated rings. The maximum atomic E-state index is 13.1. The van der Waals surface area contributed by atoms with Crippen LogP contribution in [0.2, 0.25) is 0 Å². The third-order valence-electron chi connectivity index (χ3n) is 2.58. The Morgan fingerprint density at radius 3 is 2.80 bits per heavy atom. The SMILES string of the molecule is N#Cc1cccc(COC(=O)c2cc(N)cc(F)c2)c1. The highest BCUT2D eigenvalue weighted by molar-refractivity contribution is 5.90. The van der Waals surface area contributed by atoms with Crippen LogP contribution in [0.15, 0.2) is 42.5 Å². The van der Waals surface area contributed by atoms with E-state index >= 15 is 0 Å². The first-order chi connectivity index (χ1) is 9.58. The molecule has 0 aliphatic carbocycles. The molecule has 100 valence electrons. The highest BCUT2D eigenvalue weighted by Crippen LogP contribution is 2.13. The lowest BCUT2D eigenvalue weighted by Crippen LogP contribution is -2.06. The number of carbonyl (C=O) groups excluding carboxylic acids is 1. The molecule has 0 atom stereocenters. The van der Waals surface area contributed by atoms with Crippen LogP contribution in [0.1, 0.15) is 21.5 Å². The van der Waals surface area contributed by atoms with Crippen molar-refractivity contribution < 1.29 is 13.9 Å². The summed E-state index contributed by atoms with van der Waals surface area (Å²) in [5.41, 5.74) is 6.83. The Balaban J connectivity index is 2.06. The van der Waals surface area contributed by atoms with Crippen LogP contribution in [0.3, 0.4) is 0 Å². The van der Waals surface area contributed by atoms with Gasteiger partial charge in [0.1, 0.15) is 12.4 Å². The summed E-state index contributed by atoms with van der Waals surface area (Å²) < 4.78 is 18.2. The van der Waals surface area contributed by atoms with E-state index in [1.807, 2.05) is 6.07 Å². The van der Waals surface area contributed by atoms with Gasteiger partial charge < -0.3 is 10.5 Å². The number of nitrogen functional groups attached to an aromatic ring is 1. The second kappa shape index (κ2) is 5.85. The Labute approximate surface area is 115 Å². The minimum Gasteiger partial charge on any atom is -0.457 e. The average molecular weight is 270 g/mol. The molecule has 0 bridgehead atoms. The van der Waals surface area contributed by atoms with Crippen LogP contribution < -0.4 is 5.73 Å². The van der Waals surface area contributed by atoms with Gasteiger partial charge in [0.2, 0.25) is 0 Å². The molecular formula is C15H11FN2O2. The number of benzene rings is 2. The lowest BCUT2D eigenvalue weighted by Gasteiger charge is -2.06. The van der Waals surface area contributed by atoms with Crippen LogP contribution >= 0.6 is 0 Å². The average Bonchev–Trinajstić information content (AvgIpc) is 2.44. The predicted octanol–water partition coefficient (Wildman–Crippen LogP) is 2.64. The summed E-state index contributed by atoms with van der Waals surface area (Å²) in [5.74, 6) is -1.26. The van der Waals surface area contributed by atoms with Crippen LogP contribution in [0.5, 0.6) is 0 Å². The fourth-order valence-electron chi connectivity index (χ4n) is 1.69. The molecular weight excluding hydrogens is 259 g/mol. The molecule has 0 saturated carbocycles. The lowest BCUT2D eigenvalue weighted by molar-refractivity contribution is 0.0472. The third kappa shape index (κ3) is 3.33. The van der Waals surface area contributed by atoms with E-state index in [0.29, 0.717) is 11.1 Å². The second-order valence-corrected chi connectivity index (χ2v) is 4.16. The van der Waals surface area contributed by atoms with E-state index in [-0.39, 0.29) is 17.9 Å². The Hall–Kier alpha value is -2.87. The van der Waals surface area contributed by atoms with Crippen molar-refractivity contribution in [2.24, 2.45) is 0 Å². The summed E-state index contributed by atoms with van der Waals surface area (Å²) in [6, 6.07) is 12.2. The first-order valence-corrected chi connectivity index (χ1v) is 5.81. The maximum Gasteiger partial charge on any atom is 0.338 e. The van der Waals surface area contributed by atoms with Gasteiger partial charge in [0.25, 0.3) is 0 Å². The van der Waals surface area contributed by atoms with E-state index in [1.54, 1.807) is 24.3 Å². The number of hydrogen-bond acceptors (Lipinski definition) is 4. The van der Waals surface area contributed by atoms with E-state index in [0.717, 1.165) is 12.1 Å². The predicted molar refractivity (Wildman–Crippen MR) is 71.1 cm³/mol. The van der Waals surface area contributed by atoms with Gasteiger partial charge in [0, 0.05) is 5.69 Å². The molecule has 0 aliphatic rings. The van der Waals surface area contributed by atoms with Gasteiger partial charge in [0.05, 0.1) is 17.2 Å². The number of halogens is 1. The fourth-order valence-corrected chi connectivity index (χ4v) is 1.69. The van der Waals surface area contributed by atoms with E-state index < -0.39 is 11.8 Å². The highest BCUT2D eigenvalue weighted by atomic mass is 19.1. The molecule has 2 N–H and O–H groups in total. The number of ether oxygens (including phenoxy) is 1. The molecule has 0 amide bonds. The smallest absolute Gasteiger partial charge is 0.338 e. The molecule has 2 aromatic rings. The Kier molecular flexibility index (Phi) is 3.96. The van der Waals surface area contributed by atoms with Crippen LogP contribution in [-0.4, -0.2) is 5.97 Å². The zero-order valence-electron chi connectivity index (χ0n) is 10.5. The van der Waals surface area contributed by atoms with Gasteiger partial charge in [-0.15, -0.1) is 0 Å². The molecule has 0 saturated heterocycles. The summed E-state index contributed by atoms with van der Waals surface area (Å²) in [5, 5.41) is 8.77. The minimum atomic E-state index is -0.668. The van der Waals surface area contributed by atoms with Crippen LogP contribution in [0, 0.1) is 17.1 Å². The molecule has 0 radical (unpaired) electrons. The molecule has 5 heteroatoms. The van der Waals surface area contributed by atoms with Gasteiger partial charge in [-0.3, -0.25) is 0 Å². The van der Waals surface area contributed by atoms with Gasteiger partial charge in [-0.05, 0) is 35.9 Å². The quantitative estimate of drug-likeness (QED) is 0.687. The van der Waals surface area contributed by atoms with Crippen molar-refractivity contribution in [1.82, 2.24) is 0 Å². The number of anilines is 1. The number of nitrogens with two attached hydrogens (primary N) is 1. The van der Waals surface area contributed by atoms with E-state index in [1.165, 1.54) is 6.07 Å². The molecule has 0 heterocycles. The molecule has 2 aromatic carbocycles. The zero-order chi connectivity index (χ0) is 14.5. The monoisotopic (exact) mass is 270 g/mol.